The van der Waals surface area contributed by atoms with E-state index < -0.39 is 0 Å². The fraction of sp³-hybridized carbons (Fsp3) is 0.571. The Morgan fingerprint density at radius 2 is 1.58 bits per heavy atom. The molecule has 0 amide bonds. The van der Waals surface area contributed by atoms with Crippen molar-refractivity contribution in [1.29, 1.82) is 0 Å². The van der Waals surface area contributed by atoms with Gasteiger partial charge in [-0.3, -0.25) is 4.90 Å². The minimum atomic E-state index is 0. The Labute approximate surface area is 128 Å². The highest BCUT2D eigenvalue weighted by atomic mass is 35.5. The fourth-order valence-corrected chi connectivity index (χ4v) is 2.37. The van der Waals surface area contributed by atoms with E-state index in [1.165, 1.54) is 5.69 Å². The van der Waals surface area contributed by atoms with Gasteiger partial charge >= 0.3 is 0 Å². The van der Waals surface area contributed by atoms with Crippen molar-refractivity contribution in [2.75, 3.05) is 38.2 Å². The topological polar surface area (TPSA) is 15.7 Å². The van der Waals surface area contributed by atoms with Gasteiger partial charge in [-0.25, -0.2) is 0 Å². The summed E-state index contributed by atoms with van der Waals surface area (Å²) in [5, 5.41) is 0. The Kier molecular flexibility index (Phi) is 8.23. The summed E-state index contributed by atoms with van der Waals surface area (Å²) in [5.41, 5.74) is 1.22. The Balaban J connectivity index is 0.00000162. The van der Waals surface area contributed by atoms with E-state index in [0.717, 1.165) is 31.9 Å². The van der Waals surface area contributed by atoms with Crippen LogP contribution in [0.1, 0.15) is 13.8 Å². The minimum Gasteiger partial charge on any atom is -0.495 e. The van der Waals surface area contributed by atoms with Crippen molar-refractivity contribution >= 4 is 30.5 Å². The van der Waals surface area contributed by atoms with Crippen molar-refractivity contribution in [2.24, 2.45) is 0 Å². The minimum absolute atomic E-state index is 0. The van der Waals surface area contributed by atoms with Crippen LogP contribution in [0.15, 0.2) is 24.3 Å². The van der Waals surface area contributed by atoms with Gasteiger partial charge < -0.3 is 9.64 Å². The molecule has 0 N–H and O–H groups in total. The number of benzene rings is 1. The molecule has 2 rings (SSSR count). The zero-order valence-corrected chi connectivity index (χ0v) is 13.5. The van der Waals surface area contributed by atoms with E-state index in [9.17, 15) is 0 Å². The molecule has 1 aromatic carbocycles. The summed E-state index contributed by atoms with van der Waals surface area (Å²) in [6.07, 6.45) is 0. The largest absolute Gasteiger partial charge is 0.495 e. The van der Waals surface area contributed by atoms with Crippen LogP contribution in [-0.2, 0) is 0 Å². The van der Waals surface area contributed by atoms with E-state index in [0.29, 0.717) is 6.04 Å². The van der Waals surface area contributed by atoms with Crippen LogP contribution in [0, 0.1) is 0 Å². The molecule has 0 saturated carbocycles. The van der Waals surface area contributed by atoms with Gasteiger partial charge in [-0.05, 0) is 26.0 Å². The molecule has 0 spiro atoms. The second-order valence-electron chi connectivity index (χ2n) is 4.79. The standard InChI is InChI=1S/C14H22N2O.2ClH/c1-12(2)15-8-10-16(11-9-15)13-6-4-5-7-14(13)17-3;;/h4-7,12H,8-11H2,1-3H3;2*1H. The summed E-state index contributed by atoms with van der Waals surface area (Å²) in [5.74, 6) is 0.977. The number of halogens is 2. The van der Waals surface area contributed by atoms with Crippen LogP contribution in [0.5, 0.6) is 5.75 Å². The summed E-state index contributed by atoms with van der Waals surface area (Å²) in [6.45, 7) is 8.96. The molecule has 0 bridgehead atoms. The lowest BCUT2D eigenvalue weighted by molar-refractivity contribution is 0.209. The van der Waals surface area contributed by atoms with Gasteiger partial charge in [-0.15, -0.1) is 24.8 Å². The SMILES string of the molecule is COc1ccccc1N1CCN(C(C)C)CC1.Cl.Cl. The number of nitrogens with zero attached hydrogens (tertiary/aromatic N) is 2. The van der Waals surface area contributed by atoms with Crippen LogP contribution >= 0.6 is 24.8 Å². The molecule has 1 heterocycles. The van der Waals surface area contributed by atoms with E-state index in [2.05, 4.69) is 35.8 Å². The fourth-order valence-electron chi connectivity index (χ4n) is 2.37. The Bertz CT molecular complexity index is 366. The highest BCUT2D eigenvalue weighted by Crippen LogP contribution is 2.28. The third kappa shape index (κ3) is 4.44. The molecule has 1 aromatic rings. The number of hydrogen-bond acceptors (Lipinski definition) is 3. The lowest BCUT2D eigenvalue weighted by atomic mass is 10.2. The maximum absolute atomic E-state index is 5.42. The number of anilines is 1. The van der Waals surface area contributed by atoms with Crippen molar-refractivity contribution in [3.63, 3.8) is 0 Å². The lowest BCUT2D eigenvalue weighted by Crippen LogP contribution is -2.48. The average molecular weight is 307 g/mol. The third-order valence-corrected chi connectivity index (χ3v) is 3.47. The molecule has 1 fully saturated rings. The van der Waals surface area contributed by atoms with Crippen molar-refractivity contribution in [3.05, 3.63) is 24.3 Å². The van der Waals surface area contributed by atoms with Crippen molar-refractivity contribution in [3.8, 4) is 5.75 Å². The number of hydrogen-bond donors (Lipinski definition) is 0. The van der Waals surface area contributed by atoms with E-state index in [-0.39, 0.29) is 24.8 Å². The zero-order valence-electron chi connectivity index (χ0n) is 11.8. The van der Waals surface area contributed by atoms with Gasteiger partial charge in [0.25, 0.3) is 0 Å². The van der Waals surface area contributed by atoms with Gasteiger partial charge in [0.05, 0.1) is 12.8 Å². The van der Waals surface area contributed by atoms with Gasteiger partial charge in [0.15, 0.2) is 0 Å². The molecule has 1 aliphatic rings. The molecular formula is C14H24Cl2N2O. The predicted molar refractivity (Wildman–Crippen MR) is 86.4 cm³/mol. The molecule has 5 heteroatoms. The first-order chi connectivity index (χ1) is 8.22. The monoisotopic (exact) mass is 306 g/mol. The van der Waals surface area contributed by atoms with Crippen molar-refractivity contribution < 1.29 is 4.74 Å². The normalized spacial score (nSPS) is 15.7. The van der Waals surface area contributed by atoms with Crippen LogP contribution < -0.4 is 9.64 Å². The van der Waals surface area contributed by atoms with Crippen LogP contribution in [0.4, 0.5) is 5.69 Å². The highest BCUT2D eigenvalue weighted by Gasteiger charge is 2.20. The summed E-state index contributed by atoms with van der Waals surface area (Å²) < 4.78 is 5.42. The number of ether oxygens (including phenoxy) is 1. The molecule has 0 unspecified atom stereocenters. The van der Waals surface area contributed by atoms with Gasteiger partial charge in [0.2, 0.25) is 0 Å². The summed E-state index contributed by atoms with van der Waals surface area (Å²) in [7, 11) is 1.74. The molecular weight excluding hydrogens is 283 g/mol. The molecule has 0 aliphatic carbocycles. The van der Waals surface area contributed by atoms with Crippen molar-refractivity contribution in [2.45, 2.75) is 19.9 Å². The van der Waals surface area contributed by atoms with Crippen LogP contribution in [-0.4, -0.2) is 44.2 Å². The van der Waals surface area contributed by atoms with Crippen molar-refractivity contribution in [1.82, 2.24) is 4.90 Å². The third-order valence-electron chi connectivity index (χ3n) is 3.47. The maximum Gasteiger partial charge on any atom is 0.142 e. The average Bonchev–Trinajstić information content (AvgIpc) is 2.39. The zero-order chi connectivity index (χ0) is 12.3. The van der Waals surface area contributed by atoms with Gasteiger partial charge in [0.1, 0.15) is 5.75 Å². The number of para-hydroxylation sites is 2. The van der Waals surface area contributed by atoms with Crippen LogP contribution in [0.2, 0.25) is 0 Å². The quantitative estimate of drug-likeness (QED) is 0.853. The summed E-state index contributed by atoms with van der Waals surface area (Å²) >= 11 is 0. The molecule has 0 aromatic heterocycles. The Hall–Kier alpha value is -0.640. The van der Waals surface area contributed by atoms with Crippen LogP contribution in [0.25, 0.3) is 0 Å². The van der Waals surface area contributed by atoms with Crippen LogP contribution in [0.3, 0.4) is 0 Å². The molecule has 110 valence electrons. The molecule has 19 heavy (non-hydrogen) atoms. The van der Waals surface area contributed by atoms with Gasteiger partial charge in [-0.1, -0.05) is 12.1 Å². The summed E-state index contributed by atoms with van der Waals surface area (Å²) in [6, 6.07) is 8.92. The Morgan fingerprint density at radius 3 is 2.11 bits per heavy atom. The highest BCUT2D eigenvalue weighted by molar-refractivity contribution is 5.85. The van der Waals surface area contributed by atoms with E-state index in [1.807, 2.05) is 12.1 Å². The van der Waals surface area contributed by atoms with Gasteiger partial charge in [0, 0.05) is 32.2 Å². The number of methoxy groups -OCH3 is 1. The maximum atomic E-state index is 5.42. The molecule has 1 aliphatic heterocycles. The van der Waals surface area contributed by atoms with E-state index >= 15 is 0 Å². The second-order valence-corrected chi connectivity index (χ2v) is 4.79. The predicted octanol–water partition coefficient (Wildman–Crippen LogP) is 3.07. The molecule has 0 radical (unpaired) electrons. The molecule has 0 atom stereocenters. The smallest absolute Gasteiger partial charge is 0.142 e. The number of rotatable bonds is 3. The first-order valence-electron chi connectivity index (χ1n) is 6.34. The molecule has 1 saturated heterocycles. The lowest BCUT2D eigenvalue weighted by Gasteiger charge is -2.38. The number of piperazine rings is 1. The van der Waals surface area contributed by atoms with Gasteiger partial charge in [-0.2, -0.15) is 0 Å². The van der Waals surface area contributed by atoms with E-state index in [4.69, 9.17) is 4.74 Å². The first kappa shape index (κ1) is 18.4. The molecule has 3 nitrogen and oxygen atoms in total. The second kappa shape index (κ2) is 8.51. The summed E-state index contributed by atoms with van der Waals surface area (Å²) in [4.78, 5) is 4.93. The Morgan fingerprint density at radius 1 is 1.00 bits per heavy atom. The van der Waals surface area contributed by atoms with E-state index in [1.54, 1.807) is 7.11 Å². The first-order valence-corrected chi connectivity index (χ1v) is 6.34.